The smallest absolute Gasteiger partial charge is 0.317 e. The number of aryl methyl sites for hydroxylation is 2. The van der Waals surface area contributed by atoms with Crippen LogP contribution < -0.4 is 16.4 Å². The van der Waals surface area contributed by atoms with E-state index in [-0.39, 0.29) is 24.9 Å². The molecule has 0 aliphatic carbocycles. The van der Waals surface area contributed by atoms with Crippen molar-refractivity contribution >= 4 is 28.3 Å². The summed E-state index contributed by atoms with van der Waals surface area (Å²) in [4.78, 5) is 40.0. The normalized spacial score (nSPS) is 12.1. The number of nitrogens with zero attached hydrogens (tertiary/aromatic N) is 2. The standard InChI is InChI=1S/C27H29N3O3S/c1-3-7-21(24-10-6-17-34-24)28-25(31)15-16-29-22-8-4-5-9-23(22)30(27(33)26(29)32)18-20-13-11-19(2)12-14-20/h4-6,8-14,17,21H,3,7,15-16,18H2,1-2H3,(H,28,31)/t21-/m1/s1. The van der Waals surface area contributed by atoms with Crippen molar-refractivity contribution in [2.24, 2.45) is 0 Å². The number of aromatic nitrogens is 2. The molecule has 0 saturated heterocycles. The minimum Gasteiger partial charge on any atom is -0.348 e. The zero-order valence-corrected chi connectivity index (χ0v) is 20.3. The number of rotatable bonds is 9. The maximum absolute atomic E-state index is 13.1. The molecule has 1 amide bonds. The SMILES string of the molecule is CCC[C@@H](NC(=O)CCn1c(=O)c(=O)n(Cc2ccc(C)cc2)c2ccccc21)c1cccs1. The molecule has 0 radical (unpaired) electrons. The van der Waals surface area contributed by atoms with E-state index in [1.165, 1.54) is 9.13 Å². The highest BCUT2D eigenvalue weighted by Crippen LogP contribution is 2.23. The Morgan fingerprint density at radius 2 is 1.62 bits per heavy atom. The summed E-state index contributed by atoms with van der Waals surface area (Å²) < 4.78 is 2.95. The number of thiophene rings is 1. The summed E-state index contributed by atoms with van der Waals surface area (Å²) in [5.41, 5.74) is 2.22. The molecule has 0 aliphatic heterocycles. The molecular formula is C27H29N3O3S. The average molecular weight is 476 g/mol. The van der Waals surface area contributed by atoms with Gasteiger partial charge >= 0.3 is 11.1 Å². The second-order valence-electron chi connectivity index (χ2n) is 8.50. The molecule has 0 fully saturated rings. The van der Waals surface area contributed by atoms with E-state index in [0.717, 1.165) is 28.8 Å². The fraction of sp³-hybridized carbons (Fsp3) is 0.296. The minimum absolute atomic E-state index is 0.0338. The van der Waals surface area contributed by atoms with E-state index in [2.05, 4.69) is 12.2 Å². The highest BCUT2D eigenvalue weighted by atomic mass is 32.1. The Morgan fingerprint density at radius 1 is 0.941 bits per heavy atom. The number of carbonyl (C=O) groups excluding carboxylic acids is 1. The zero-order chi connectivity index (χ0) is 24.1. The van der Waals surface area contributed by atoms with E-state index >= 15 is 0 Å². The molecule has 4 aromatic rings. The first-order chi connectivity index (χ1) is 16.5. The number of carbonyl (C=O) groups is 1. The number of amides is 1. The quantitative estimate of drug-likeness (QED) is 0.359. The van der Waals surface area contributed by atoms with Crippen LogP contribution in [0.3, 0.4) is 0 Å². The predicted molar refractivity (Wildman–Crippen MR) is 137 cm³/mol. The van der Waals surface area contributed by atoms with Crippen LogP contribution in [0.1, 0.15) is 48.2 Å². The first-order valence-electron chi connectivity index (χ1n) is 11.6. The maximum atomic E-state index is 13.1. The number of fused-ring (bicyclic) bond motifs is 1. The number of hydrogen-bond donors (Lipinski definition) is 1. The van der Waals surface area contributed by atoms with Gasteiger partial charge in [0, 0.05) is 17.8 Å². The highest BCUT2D eigenvalue weighted by Gasteiger charge is 2.17. The molecule has 2 aromatic heterocycles. The monoisotopic (exact) mass is 475 g/mol. The Labute approximate surface area is 202 Å². The molecule has 1 N–H and O–H groups in total. The van der Waals surface area contributed by atoms with Crippen molar-refractivity contribution in [3.63, 3.8) is 0 Å². The Morgan fingerprint density at radius 3 is 2.26 bits per heavy atom. The summed E-state index contributed by atoms with van der Waals surface area (Å²) in [6.45, 7) is 4.56. The van der Waals surface area contributed by atoms with Gasteiger partial charge in [0.1, 0.15) is 0 Å². The van der Waals surface area contributed by atoms with Crippen molar-refractivity contribution in [1.82, 2.24) is 14.5 Å². The van der Waals surface area contributed by atoms with E-state index < -0.39 is 11.1 Å². The lowest BCUT2D eigenvalue weighted by molar-refractivity contribution is -0.122. The molecular weight excluding hydrogens is 446 g/mol. The summed E-state index contributed by atoms with van der Waals surface area (Å²) in [7, 11) is 0. The van der Waals surface area contributed by atoms with Crippen LogP contribution in [-0.2, 0) is 17.9 Å². The zero-order valence-electron chi connectivity index (χ0n) is 19.5. The minimum atomic E-state index is -0.609. The second kappa shape index (κ2) is 10.7. The molecule has 6 nitrogen and oxygen atoms in total. The summed E-state index contributed by atoms with van der Waals surface area (Å²) in [5, 5.41) is 5.10. The van der Waals surface area contributed by atoms with Crippen LogP contribution in [0.15, 0.2) is 75.6 Å². The third-order valence-electron chi connectivity index (χ3n) is 5.96. The van der Waals surface area contributed by atoms with Gasteiger partial charge in [-0.25, -0.2) is 0 Å². The molecule has 0 saturated carbocycles. The van der Waals surface area contributed by atoms with E-state index in [4.69, 9.17) is 0 Å². The van der Waals surface area contributed by atoms with Gasteiger partial charge in [0.25, 0.3) is 0 Å². The van der Waals surface area contributed by atoms with E-state index in [1.807, 2.05) is 73.0 Å². The molecule has 7 heteroatoms. The fourth-order valence-electron chi connectivity index (χ4n) is 4.17. The van der Waals surface area contributed by atoms with Crippen LogP contribution in [-0.4, -0.2) is 15.0 Å². The first kappa shape index (κ1) is 23.7. The summed E-state index contributed by atoms with van der Waals surface area (Å²) in [5.74, 6) is -0.133. The van der Waals surface area contributed by atoms with Crippen molar-refractivity contribution in [2.75, 3.05) is 0 Å². The predicted octanol–water partition coefficient (Wildman–Crippen LogP) is 4.63. The molecule has 176 valence electrons. The fourth-order valence-corrected chi connectivity index (χ4v) is 4.98. The van der Waals surface area contributed by atoms with Crippen molar-refractivity contribution in [3.05, 3.63) is 103 Å². The Bertz CT molecular complexity index is 1390. The Balaban J connectivity index is 1.59. The molecule has 34 heavy (non-hydrogen) atoms. The molecule has 4 rings (SSSR count). The molecule has 0 aliphatic rings. The van der Waals surface area contributed by atoms with Crippen LogP contribution >= 0.6 is 11.3 Å². The van der Waals surface area contributed by atoms with E-state index in [0.29, 0.717) is 17.6 Å². The number of nitrogens with one attached hydrogen (secondary N) is 1. The van der Waals surface area contributed by atoms with Crippen molar-refractivity contribution in [1.29, 1.82) is 0 Å². The summed E-state index contributed by atoms with van der Waals surface area (Å²) in [6, 6.07) is 19.2. The van der Waals surface area contributed by atoms with Crippen LogP contribution in [0.4, 0.5) is 0 Å². The third-order valence-corrected chi connectivity index (χ3v) is 6.95. The molecule has 2 heterocycles. The van der Waals surface area contributed by atoms with Crippen molar-refractivity contribution in [2.45, 2.75) is 52.2 Å². The number of benzene rings is 2. The van der Waals surface area contributed by atoms with Gasteiger partial charge in [-0.2, -0.15) is 0 Å². The second-order valence-corrected chi connectivity index (χ2v) is 9.48. The van der Waals surface area contributed by atoms with Gasteiger partial charge in [-0.15, -0.1) is 11.3 Å². The average Bonchev–Trinajstić information content (AvgIpc) is 3.38. The molecule has 2 aromatic carbocycles. The van der Waals surface area contributed by atoms with Crippen LogP contribution in [0.2, 0.25) is 0 Å². The highest BCUT2D eigenvalue weighted by molar-refractivity contribution is 7.10. The Kier molecular flexibility index (Phi) is 7.43. The van der Waals surface area contributed by atoms with Crippen LogP contribution in [0, 0.1) is 6.92 Å². The molecule has 0 bridgehead atoms. The lowest BCUT2D eigenvalue weighted by Crippen LogP contribution is -2.42. The lowest BCUT2D eigenvalue weighted by atomic mass is 10.1. The lowest BCUT2D eigenvalue weighted by Gasteiger charge is -2.18. The third kappa shape index (κ3) is 5.20. The van der Waals surface area contributed by atoms with Gasteiger partial charge in [0.2, 0.25) is 5.91 Å². The summed E-state index contributed by atoms with van der Waals surface area (Å²) >= 11 is 1.62. The van der Waals surface area contributed by atoms with Crippen molar-refractivity contribution < 1.29 is 4.79 Å². The molecule has 0 spiro atoms. The summed E-state index contributed by atoms with van der Waals surface area (Å²) in [6.07, 6.45) is 1.92. The van der Waals surface area contributed by atoms with Gasteiger partial charge in [-0.1, -0.05) is 61.4 Å². The topological polar surface area (TPSA) is 73.1 Å². The van der Waals surface area contributed by atoms with Crippen molar-refractivity contribution in [3.8, 4) is 0 Å². The first-order valence-corrected chi connectivity index (χ1v) is 12.5. The Hall–Kier alpha value is -3.45. The van der Waals surface area contributed by atoms with Gasteiger partial charge in [-0.3, -0.25) is 19.0 Å². The number of hydrogen-bond acceptors (Lipinski definition) is 4. The van der Waals surface area contributed by atoms with Gasteiger partial charge < -0.3 is 9.88 Å². The van der Waals surface area contributed by atoms with Gasteiger partial charge in [0.15, 0.2) is 0 Å². The largest absolute Gasteiger partial charge is 0.348 e. The van der Waals surface area contributed by atoms with Gasteiger partial charge in [-0.05, 0) is 42.5 Å². The van der Waals surface area contributed by atoms with E-state index in [9.17, 15) is 14.4 Å². The molecule has 1 atom stereocenters. The van der Waals surface area contributed by atoms with Gasteiger partial charge in [0.05, 0.1) is 23.6 Å². The van der Waals surface area contributed by atoms with Crippen LogP contribution in [0.5, 0.6) is 0 Å². The van der Waals surface area contributed by atoms with Crippen LogP contribution in [0.25, 0.3) is 11.0 Å². The maximum Gasteiger partial charge on any atom is 0.317 e. The number of para-hydroxylation sites is 2. The van der Waals surface area contributed by atoms with E-state index in [1.54, 1.807) is 11.3 Å². The molecule has 0 unspecified atom stereocenters.